The van der Waals surface area contributed by atoms with Gasteiger partial charge in [0.1, 0.15) is 10.3 Å². The van der Waals surface area contributed by atoms with Crippen molar-refractivity contribution in [2.45, 2.75) is 6.04 Å². The zero-order chi connectivity index (χ0) is 14.7. The predicted octanol–water partition coefficient (Wildman–Crippen LogP) is 1.40. The third kappa shape index (κ3) is 3.03. The van der Waals surface area contributed by atoms with Crippen LogP contribution in [0.3, 0.4) is 0 Å². The summed E-state index contributed by atoms with van der Waals surface area (Å²) in [4.78, 5) is 29.3. The summed E-state index contributed by atoms with van der Waals surface area (Å²) in [5.41, 5.74) is 0.187. The van der Waals surface area contributed by atoms with Crippen LogP contribution in [0.15, 0.2) is 12.1 Å². The summed E-state index contributed by atoms with van der Waals surface area (Å²) in [7, 11) is 1.26. The lowest BCUT2D eigenvalue weighted by Gasteiger charge is -2.33. The van der Waals surface area contributed by atoms with Crippen LogP contribution in [0.1, 0.15) is 10.4 Å². The number of hydrogen-bond donors (Lipinski definition) is 0. The molecule has 1 unspecified atom stereocenters. The molecule has 20 heavy (non-hydrogen) atoms. The van der Waals surface area contributed by atoms with E-state index >= 15 is 0 Å². The van der Waals surface area contributed by atoms with Crippen LogP contribution in [0.25, 0.3) is 0 Å². The van der Waals surface area contributed by atoms with Crippen LogP contribution in [0.5, 0.6) is 0 Å². The lowest BCUT2D eigenvalue weighted by Crippen LogP contribution is -2.53. The molecule has 0 N–H and O–H groups in total. The van der Waals surface area contributed by atoms with E-state index in [1.807, 2.05) is 0 Å². The molecule has 1 amide bonds. The second-order valence-electron chi connectivity index (χ2n) is 4.08. The van der Waals surface area contributed by atoms with Crippen LogP contribution < -0.4 is 0 Å². The Morgan fingerprint density at radius 1 is 1.45 bits per heavy atom. The van der Waals surface area contributed by atoms with E-state index in [1.54, 1.807) is 0 Å². The fraction of sp³-hybridized carbons (Fsp3) is 0.417. The molecule has 108 valence electrons. The van der Waals surface area contributed by atoms with E-state index in [-0.39, 0.29) is 29.0 Å². The van der Waals surface area contributed by atoms with Gasteiger partial charge < -0.3 is 14.4 Å². The quantitative estimate of drug-likeness (QED) is 0.609. The van der Waals surface area contributed by atoms with Crippen molar-refractivity contribution < 1.29 is 19.1 Å². The Hall–Kier alpha value is -1.37. The molecule has 1 saturated heterocycles. The number of pyridine rings is 1. The minimum atomic E-state index is -0.784. The van der Waals surface area contributed by atoms with Crippen LogP contribution in [0, 0.1) is 0 Å². The van der Waals surface area contributed by atoms with Crippen LogP contribution in [0.2, 0.25) is 10.3 Å². The molecule has 2 rings (SSSR count). The molecule has 0 spiro atoms. The maximum atomic E-state index is 12.5. The van der Waals surface area contributed by atoms with Gasteiger partial charge in [0.15, 0.2) is 6.04 Å². The largest absolute Gasteiger partial charge is 0.467 e. The Morgan fingerprint density at radius 2 is 2.20 bits per heavy atom. The van der Waals surface area contributed by atoms with Crippen molar-refractivity contribution >= 4 is 35.1 Å². The van der Waals surface area contributed by atoms with E-state index in [9.17, 15) is 9.59 Å². The second-order valence-corrected chi connectivity index (χ2v) is 4.83. The Labute approximate surface area is 125 Å². The van der Waals surface area contributed by atoms with Crippen LogP contribution >= 0.6 is 23.2 Å². The van der Waals surface area contributed by atoms with Gasteiger partial charge >= 0.3 is 5.97 Å². The van der Waals surface area contributed by atoms with E-state index < -0.39 is 17.9 Å². The first kappa shape index (κ1) is 15.0. The van der Waals surface area contributed by atoms with Gasteiger partial charge in [0.2, 0.25) is 0 Å². The van der Waals surface area contributed by atoms with Gasteiger partial charge in [-0.05, 0) is 12.1 Å². The molecule has 1 aliphatic heterocycles. The number of morpholine rings is 1. The van der Waals surface area contributed by atoms with Gasteiger partial charge in [-0.3, -0.25) is 4.79 Å². The number of hydrogen-bond acceptors (Lipinski definition) is 5. The standard InChI is InChI=1S/C12H12Cl2N2O4/c1-19-12(18)8-6-20-5-4-16(8)11(17)7-2-3-9(13)15-10(7)14/h2-3,8H,4-6H2,1H3. The van der Waals surface area contributed by atoms with Crippen molar-refractivity contribution in [1.82, 2.24) is 9.88 Å². The molecule has 8 heteroatoms. The predicted molar refractivity (Wildman–Crippen MR) is 71.9 cm³/mol. The molecular weight excluding hydrogens is 307 g/mol. The van der Waals surface area contributed by atoms with Crippen molar-refractivity contribution in [3.63, 3.8) is 0 Å². The highest BCUT2D eigenvalue weighted by atomic mass is 35.5. The van der Waals surface area contributed by atoms with E-state index in [0.29, 0.717) is 6.61 Å². The number of rotatable bonds is 2. The number of carbonyl (C=O) groups is 2. The molecule has 0 saturated carbocycles. The fourth-order valence-corrected chi connectivity index (χ4v) is 2.33. The fourth-order valence-electron chi connectivity index (χ4n) is 1.90. The normalized spacial score (nSPS) is 18.8. The number of methoxy groups -OCH3 is 1. The topological polar surface area (TPSA) is 68.7 Å². The maximum absolute atomic E-state index is 12.5. The maximum Gasteiger partial charge on any atom is 0.331 e. The summed E-state index contributed by atoms with van der Waals surface area (Å²) >= 11 is 11.6. The molecule has 1 fully saturated rings. The lowest BCUT2D eigenvalue weighted by atomic mass is 10.1. The Kier molecular flexibility index (Phi) is 4.80. The zero-order valence-electron chi connectivity index (χ0n) is 10.6. The summed E-state index contributed by atoms with van der Waals surface area (Å²) in [6.45, 7) is 0.715. The van der Waals surface area contributed by atoms with Gasteiger partial charge in [-0.1, -0.05) is 23.2 Å². The number of halogens is 2. The molecular formula is C12H12Cl2N2O4. The third-order valence-corrected chi connectivity index (χ3v) is 3.41. The van der Waals surface area contributed by atoms with E-state index in [0.717, 1.165) is 0 Å². The summed E-state index contributed by atoms with van der Waals surface area (Å²) in [6, 6.07) is 2.16. The monoisotopic (exact) mass is 318 g/mol. The van der Waals surface area contributed by atoms with Crippen molar-refractivity contribution in [3.05, 3.63) is 28.0 Å². The van der Waals surface area contributed by atoms with Crippen molar-refractivity contribution in [1.29, 1.82) is 0 Å². The van der Waals surface area contributed by atoms with Crippen molar-refractivity contribution in [3.8, 4) is 0 Å². The zero-order valence-corrected chi connectivity index (χ0v) is 12.1. The highest BCUT2D eigenvalue weighted by molar-refractivity contribution is 6.34. The van der Waals surface area contributed by atoms with Gasteiger partial charge in [-0.25, -0.2) is 9.78 Å². The molecule has 0 bridgehead atoms. The van der Waals surface area contributed by atoms with E-state index in [1.165, 1.54) is 24.1 Å². The first-order valence-corrected chi connectivity index (χ1v) is 6.58. The third-order valence-electron chi connectivity index (χ3n) is 2.91. The molecule has 6 nitrogen and oxygen atoms in total. The van der Waals surface area contributed by atoms with Crippen molar-refractivity contribution in [2.75, 3.05) is 26.9 Å². The van der Waals surface area contributed by atoms with Crippen LogP contribution in [-0.4, -0.2) is 54.7 Å². The average Bonchev–Trinajstić information content (AvgIpc) is 2.46. The van der Waals surface area contributed by atoms with Crippen molar-refractivity contribution in [2.24, 2.45) is 0 Å². The van der Waals surface area contributed by atoms with E-state index in [4.69, 9.17) is 27.9 Å². The molecule has 2 heterocycles. The molecule has 0 aliphatic carbocycles. The van der Waals surface area contributed by atoms with E-state index in [2.05, 4.69) is 9.72 Å². The summed E-state index contributed by atoms with van der Waals surface area (Å²) in [5, 5.41) is 0.190. The van der Waals surface area contributed by atoms with Gasteiger partial charge in [-0.2, -0.15) is 0 Å². The Bertz CT molecular complexity index is 538. The van der Waals surface area contributed by atoms with Gasteiger partial charge in [0.25, 0.3) is 5.91 Å². The number of esters is 1. The molecule has 1 aromatic rings. The SMILES string of the molecule is COC(=O)C1COCCN1C(=O)c1ccc(Cl)nc1Cl. The lowest BCUT2D eigenvalue weighted by molar-refractivity contribution is -0.151. The highest BCUT2D eigenvalue weighted by Crippen LogP contribution is 2.21. The highest BCUT2D eigenvalue weighted by Gasteiger charge is 2.35. The van der Waals surface area contributed by atoms with Gasteiger partial charge in [0, 0.05) is 6.54 Å². The molecule has 0 radical (unpaired) electrons. The minimum absolute atomic E-state index is 0.00222. The second kappa shape index (κ2) is 6.39. The summed E-state index contributed by atoms with van der Waals surface area (Å²) in [6.07, 6.45) is 0. The number of carbonyl (C=O) groups excluding carboxylic acids is 2. The van der Waals surface area contributed by atoms with Gasteiger partial charge in [0.05, 0.1) is 25.9 Å². The molecule has 1 aromatic heterocycles. The summed E-state index contributed by atoms with van der Waals surface area (Å²) < 4.78 is 9.88. The average molecular weight is 319 g/mol. The van der Waals surface area contributed by atoms with Crippen LogP contribution in [0.4, 0.5) is 0 Å². The summed E-state index contributed by atoms with van der Waals surface area (Å²) in [5.74, 6) is -0.936. The first-order valence-electron chi connectivity index (χ1n) is 5.83. The number of amides is 1. The Morgan fingerprint density at radius 3 is 2.85 bits per heavy atom. The first-order chi connectivity index (χ1) is 9.54. The molecule has 1 aliphatic rings. The molecule has 0 aromatic carbocycles. The number of nitrogens with zero attached hydrogens (tertiary/aromatic N) is 2. The number of aromatic nitrogens is 1. The molecule has 1 atom stereocenters. The van der Waals surface area contributed by atoms with Gasteiger partial charge in [-0.15, -0.1) is 0 Å². The van der Waals surface area contributed by atoms with Crippen LogP contribution in [-0.2, 0) is 14.3 Å². The number of ether oxygens (including phenoxy) is 2. The minimum Gasteiger partial charge on any atom is -0.467 e. The smallest absolute Gasteiger partial charge is 0.331 e. The Balaban J connectivity index is 2.27.